The number of ether oxygens (including phenoxy) is 1. The van der Waals surface area contributed by atoms with E-state index in [2.05, 4.69) is 10.1 Å². The normalized spacial score (nSPS) is 32.3. The Kier molecular flexibility index (Phi) is 7.55. The molecule has 0 aromatic rings. The maximum atomic E-state index is 12.9. The molecule has 160 valence electrons. The van der Waals surface area contributed by atoms with Crippen LogP contribution in [0.4, 0.5) is 0 Å². The third kappa shape index (κ3) is 5.97. The molecule has 1 saturated carbocycles. The molecule has 0 aromatic heterocycles. The van der Waals surface area contributed by atoms with Crippen molar-refractivity contribution in [3.63, 3.8) is 0 Å². The van der Waals surface area contributed by atoms with Crippen LogP contribution in [0.15, 0.2) is 0 Å². The highest BCUT2D eigenvalue weighted by atomic mass is 31.2. The number of amides is 1. The first-order chi connectivity index (χ1) is 13.1. The Labute approximate surface area is 163 Å². The lowest BCUT2D eigenvalue weighted by molar-refractivity contribution is -0.527. The van der Waals surface area contributed by atoms with Crippen molar-refractivity contribution in [1.29, 1.82) is 0 Å². The minimum Gasteiger partial charge on any atom is -0.469 e. The van der Waals surface area contributed by atoms with Gasteiger partial charge in [0.2, 0.25) is 11.9 Å². The number of hydrogen-bond donors (Lipinski definition) is 1. The van der Waals surface area contributed by atoms with Crippen molar-refractivity contribution >= 4 is 19.7 Å². The molecule has 1 N–H and O–H groups in total. The third-order valence-electron chi connectivity index (χ3n) is 4.85. The Morgan fingerprint density at radius 2 is 1.93 bits per heavy atom. The molecule has 0 aromatic carbocycles. The lowest BCUT2D eigenvalue weighted by atomic mass is 9.87. The SMILES string of the molecule is COC(=O)CCNC(=O)[C@@H]1O[P@](=O)(OC2CCC([N+](=O)[O-])CC2)OCC1(C)C. The largest absolute Gasteiger partial charge is 0.475 e. The smallest absolute Gasteiger partial charge is 0.469 e. The van der Waals surface area contributed by atoms with Gasteiger partial charge in [0.05, 0.1) is 26.2 Å². The molecule has 11 nitrogen and oxygen atoms in total. The fourth-order valence-electron chi connectivity index (χ4n) is 3.11. The Hall–Kier alpha value is -1.55. The second-order valence-electron chi connectivity index (χ2n) is 7.63. The summed E-state index contributed by atoms with van der Waals surface area (Å²) >= 11 is 0. The van der Waals surface area contributed by atoms with Gasteiger partial charge in [-0.2, -0.15) is 0 Å². The summed E-state index contributed by atoms with van der Waals surface area (Å²) in [5.74, 6) is -0.995. The fourth-order valence-corrected chi connectivity index (χ4v) is 4.99. The van der Waals surface area contributed by atoms with Crippen molar-refractivity contribution < 1.29 is 37.4 Å². The van der Waals surface area contributed by atoms with Crippen molar-refractivity contribution in [3.05, 3.63) is 10.1 Å². The van der Waals surface area contributed by atoms with Gasteiger partial charge in [0.15, 0.2) is 6.10 Å². The van der Waals surface area contributed by atoms with Crippen LogP contribution in [0.2, 0.25) is 0 Å². The quantitative estimate of drug-likeness (QED) is 0.281. The van der Waals surface area contributed by atoms with E-state index >= 15 is 0 Å². The minimum atomic E-state index is -3.99. The van der Waals surface area contributed by atoms with Crippen LogP contribution in [0.5, 0.6) is 0 Å². The van der Waals surface area contributed by atoms with Crippen LogP contribution in [0, 0.1) is 15.5 Å². The molecule has 1 heterocycles. The molecule has 2 aliphatic rings. The number of carbonyl (C=O) groups excluding carboxylic acids is 2. The van der Waals surface area contributed by atoms with Crippen molar-refractivity contribution in [2.24, 2.45) is 5.41 Å². The molecule has 1 saturated heterocycles. The van der Waals surface area contributed by atoms with Gasteiger partial charge in [-0.1, -0.05) is 13.8 Å². The van der Waals surface area contributed by atoms with Gasteiger partial charge in [0.1, 0.15) is 0 Å². The number of rotatable bonds is 7. The van der Waals surface area contributed by atoms with Crippen LogP contribution in [0.25, 0.3) is 0 Å². The summed E-state index contributed by atoms with van der Waals surface area (Å²) in [7, 11) is -2.74. The van der Waals surface area contributed by atoms with Crippen molar-refractivity contribution in [3.8, 4) is 0 Å². The standard InChI is InChI=1S/C16H27N2O9P/c1-16(2)10-25-28(23,26-12-6-4-11(5-7-12)18(21)22)27-14(16)15(20)17-9-8-13(19)24-3/h11-12,14H,4-10H2,1-3H3,(H,17,20)/t11?,12?,14-,28-/m0/s1. The first-order valence-electron chi connectivity index (χ1n) is 9.16. The van der Waals surface area contributed by atoms with Gasteiger partial charge in [0, 0.05) is 29.7 Å². The van der Waals surface area contributed by atoms with E-state index in [-0.39, 0.29) is 24.5 Å². The van der Waals surface area contributed by atoms with Crippen LogP contribution in [-0.4, -0.2) is 55.3 Å². The Balaban J connectivity index is 1.94. The average molecular weight is 422 g/mol. The van der Waals surface area contributed by atoms with Gasteiger partial charge in [-0.25, -0.2) is 4.57 Å². The number of phosphoric acid groups is 1. The summed E-state index contributed by atoms with van der Waals surface area (Å²) in [5.41, 5.74) is -0.768. The summed E-state index contributed by atoms with van der Waals surface area (Å²) in [4.78, 5) is 34.2. The third-order valence-corrected chi connectivity index (χ3v) is 6.32. The van der Waals surface area contributed by atoms with E-state index in [1.54, 1.807) is 13.8 Å². The molecule has 1 amide bonds. The van der Waals surface area contributed by atoms with Crippen LogP contribution in [0.1, 0.15) is 46.0 Å². The number of carbonyl (C=O) groups is 2. The predicted octanol–water partition coefficient (Wildman–Crippen LogP) is 1.82. The van der Waals surface area contributed by atoms with E-state index in [1.807, 2.05) is 0 Å². The second-order valence-corrected chi connectivity index (χ2v) is 9.21. The zero-order valence-electron chi connectivity index (χ0n) is 16.3. The summed E-state index contributed by atoms with van der Waals surface area (Å²) in [6, 6.07) is -0.624. The fraction of sp³-hybridized carbons (Fsp3) is 0.875. The maximum Gasteiger partial charge on any atom is 0.475 e. The molecule has 0 unspecified atom stereocenters. The number of nitrogens with one attached hydrogen (secondary N) is 1. The topological polar surface area (TPSA) is 143 Å². The Morgan fingerprint density at radius 3 is 2.50 bits per heavy atom. The number of nitrogens with zero attached hydrogens (tertiary/aromatic N) is 1. The molecule has 0 radical (unpaired) electrons. The molecule has 0 bridgehead atoms. The van der Waals surface area contributed by atoms with Gasteiger partial charge in [-0.05, 0) is 12.8 Å². The monoisotopic (exact) mass is 422 g/mol. The predicted molar refractivity (Wildman–Crippen MR) is 96.0 cm³/mol. The number of esters is 1. The van der Waals surface area contributed by atoms with Crippen LogP contribution >= 0.6 is 7.82 Å². The van der Waals surface area contributed by atoms with Gasteiger partial charge in [-0.3, -0.25) is 33.3 Å². The van der Waals surface area contributed by atoms with E-state index in [9.17, 15) is 24.3 Å². The van der Waals surface area contributed by atoms with Crippen molar-refractivity contribution in [2.45, 2.75) is 64.2 Å². The average Bonchev–Trinajstić information content (AvgIpc) is 2.64. The molecule has 1 aliphatic heterocycles. The molecule has 2 fully saturated rings. The van der Waals surface area contributed by atoms with Crippen molar-refractivity contribution in [2.75, 3.05) is 20.3 Å². The number of phosphoric ester groups is 1. The summed E-state index contributed by atoms with van der Waals surface area (Å²) in [5, 5.41) is 13.4. The Bertz CT molecular complexity index is 646. The number of nitro groups is 1. The molecule has 0 spiro atoms. The second kappa shape index (κ2) is 9.30. The highest BCUT2D eigenvalue weighted by Crippen LogP contribution is 2.58. The maximum absolute atomic E-state index is 12.9. The lowest BCUT2D eigenvalue weighted by Crippen LogP contribution is -2.50. The summed E-state index contributed by atoms with van der Waals surface area (Å²) in [6.07, 6.45) is -0.226. The van der Waals surface area contributed by atoms with Gasteiger partial charge in [-0.15, -0.1) is 0 Å². The molecular formula is C16H27N2O9P. The zero-order chi connectivity index (χ0) is 20.9. The van der Waals surface area contributed by atoms with E-state index < -0.39 is 43.4 Å². The van der Waals surface area contributed by atoms with Gasteiger partial charge < -0.3 is 10.1 Å². The van der Waals surface area contributed by atoms with Crippen molar-refractivity contribution in [1.82, 2.24) is 5.32 Å². The first kappa shape index (κ1) is 22.7. The number of hydrogen-bond acceptors (Lipinski definition) is 9. The molecule has 1 aliphatic carbocycles. The van der Waals surface area contributed by atoms with Gasteiger partial charge >= 0.3 is 13.8 Å². The van der Waals surface area contributed by atoms with Gasteiger partial charge in [0.25, 0.3) is 0 Å². The summed E-state index contributed by atoms with van der Waals surface area (Å²) in [6.45, 7) is 3.48. The lowest BCUT2D eigenvalue weighted by Gasteiger charge is -2.40. The van der Waals surface area contributed by atoms with E-state index in [0.29, 0.717) is 25.7 Å². The molecule has 12 heteroatoms. The highest BCUT2D eigenvalue weighted by Gasteiger charge is 2.50. The number of methoxy groups -OCH3 is 1. The van der Waals surface area contributed by atoms with Crippen LogP contribution < -0.4 is 5.32 Å². The first-order valence-corrected chi connectivity index (χ1v) is 10.6. The molecular weight excluding hydrogens is 395 g/mol. The molecule has 28 heavy (non-hydrogen) atoms. The minimum absolute atomic E-state index is 0.000262. The van der Waals surface area contributed by atoms with Crippen LogP contribution in [0.3, 0.4) is 0 Å². The van der Waals surface area contributed by atoms with E-state index in [4.69, 9.17) is 13.6 Å². The highest BCUT2D eigenvalue weighted by molar-refractivity contribution is 7.48. The Morgan fingerprint density at radius 1 is 1.29 bits per heavy atom. The van der Waals surface area contributed by atoms with E-state index in [0.717, 1.165) is 0 Å². The molecule has 2 rings (SSSR count). The summed E-state index contributed by atoms with van der Waals surface area (Å²) < 4.78 is 33.7. The zero-order valence-corrected chi connectivity index (χ0v) is 17.1. The van der Waals surface area contributed by atoms with Crippen LogP contribution in [-0.2, 0) is 32.5 Å². The van der Waals surface area contributed by atoms with E-state index in [1.165, 1.54) is 7.11 Å². The molecule has 2 atom stereocenters.